The molecule has 1 aromatic carbocycles. The lowest BCUT2D eigenvalue weighted by atomic mass is 10.0. The summed E-state index contributed by atoms with van der Waals surface area (Å²) in [6.07, 6.45) is 4.53. The Labute approximate surface area is 143 Å². The number of carbonyl (C=O) groups excluding carboxylic acids is 1. The van der Waals surface area contributed by atoms with Crippen LogP contribution in [-0.4, -0.2) is 22.9 Å². The third-order valence-electron chi connectivity index (χ3n) is 3.53. The zero-order valence-electron chi connectivity index (χ0n) is 12.0. The Hall–Kier alpha value is -1.17. The van der Waals surface area contributed by atoms with Crippen molar-refractivity contribution in [3.8, 4) is 0 Å². The standard InChI is InChI=1S/C16H15ClN2OS2/c1-21-16-11(3-2-7-18-16)15(20)19-13-6-8-22-14-5-4-10(17)9-12(13)14/h2-5,7,9,13H,6,8H2,1H3,(H,19,20). The van der Waals surface area contributed by atoms with E-state index in [0.29, 0.717) is 10.6 Å². The summed E-state index contributed by atoms with van der Waals surface area (Å²) in [6.45, 7) is 0. The lowest BCUT2D eigenvalue weighted by molar-refractivity contribution is 0.0931. The molecule has 3 rings (SSSR count). The van der Waals surface area contributed by atoms with E-state index in [4.69, 9.17) is 11.6 Å². The maximum Gasteiger partial charge on any atom is 0.254 e. The molecule has 0 saturated heterocycles. The molecule has 1 N–H and O–H groups in total. The third-order valence-corrected chi connectivity index (χ3v) is 5.60. The molecule has 2 aromatic rings. The molecule has 0 aliphatic carbocycles. The van der Waals surface area contributed by atoms with E-state index in [2.05, 4.69) is 10.3 Å². The summed E-state index contributed by atoms with van der Waals surface area (Å²) in [5.41, 5.74) is 1.73. The summed E-state index contributed by atoms with van der Waals surface area (Å²) in [5, 5.41) is 4.58. The Morgan fingerprint density at radius 2 is 2.32 bits per heavy atom. The Morgan fingerprint density at radius 3 is 3.14 bits per heavy atom. The van der Waals surface area contributed by atoms with Gasteiger partial charge in [0.2, 0.25) is 0 Å². The van der Waals surface area contributed by atoms with Crippen molar-refractivity contribution in [3.05, 3.63) is 52.7 Å². The average Bonchev–Trinajstić information content (AvgIpc) is 2.55. The fourth-order valence-electron chi connectivity index (χ4n) is 2.48. The molecule has 0 saturated carbocycles. The monoisotopic (exact) mass is 350 g/mol. The minimum Gasteiger partial charge on any atom is -0.345 e. The predicted molar refractivity (Wildman–Crippen MR) is 93.0 cm³/mol. The van der Waals surface area contributed by atoms with Gasteiger partial charge in [-0.15, -0.1) is 23.5 Å². The molecule has 1 unspecified atom stereocenters. The van der Waals surface area contributed by atoms with Crippen molar-refractivity contribution in [1.29, 1.82) is 0 Å². The highest BCUT2D eigenvalue weighted by atomic mass is 35.5. The van der Waals surface area contributed by atoms with Crippen molar-refractivity contribution in [2.24, 2.45) is 0 Å². The molecular formula is C16H15ClN2OS2. The van der Waals surface area contributed by atoms with Crippen LogP contribution in [0.3, 0.4) is 0 Å². The fraction of sp³-hybridized carbons (Fsp3) is 0.250. The molecule has 0 fully saturated rings. The van der Waals surface area contributed by atoms with E-state index in [9.17, 15) is 4.79 Å². The maximum atomic E-state index is 12.6. The molecule has 1 atom stereocenters. The Morgan fingerprint density at radius 1 is 1.45 bits per heavy atom. The van der Waals surface area contributed by atoms with Gasteiger partial charge in [-0.25, -0.2) is 4.98 Å². The van der Waals surface area contributed by atoms with Crippen LogP contribution in [0.1, 0.15) is 28.4 Å². The Bertz CT molecular complexity index is 708. The van der Waals surface area contributed by atoms with Gasteiger partial charge in [0.15, 0.2) is 0 Å². The van der Waals surface area contributed by atoms with Crippen LogP contribution >= 0.6 is 35.1 Å². The number of hydrogen-bond donors (Lipinski definition) is 1. The summed E-state index contributed by atoms with van der Waals surface area (Å²) in [4.78, 5) is 18.0. The molecular weight excluding hydrogens is 336 g/mol. The molecule has 1 aliphatic rings. The second kappa shape index (κ2) is 6.94. The summed E-state index contributed by atoms with van der Waals surface area (Å²) < 4.78 is 0. The number of nitrogens with zero attached hydrogens (tertiary/aromatic N) is 1. The number of nitrogens with one attached hydrogen (secondary N) is 1. The van der Waals surface area contributed by atoms with Crippen molar-refractivity contribution in [2.75, 3.05) is 12.0 Å². The van der Waals surface area contributed by atoms with Crippen molar-refractivity contribution in [2.45, 2.75) is 22.4 Å². The Kier molecular flexibility index (Phi) is 4.96. The number of halogens is 1. The number of fused-ring (bicyclic) bond motifs is 1. The molecule has 1 aliphatic heterocycles. The summed E-state index contributed by atoms with van der Waals surface area (Å²) in [7, 11) is 0. The van der Waals surface area contributed by atoms with Crippen LogP contribution in [0.2, 0.25) is 5.02 Å². The highest BCUT2D eigenvalue weighted by Crippen LogP contribution is 2.37. The zero-order valence-corrected chi connectivity index (χ0v) is 14.4. The van der Waals surface area contributed by atoms with Crippen LogP contribution in [-0.2, 0) is 0 Å². The van der Waals surface area contributed by atoms with Gasteiger partial charge in [0.05, 0.1) is 11.6 Å². The van der Waals surface area contributed by atoms with E-state index >= 15 is 0 Å². The van der Waals surface area contributed by atoms with Gasteiger partial charge < -0.3 is 5.32 Å². The van der Waals surface area contributed by atoms with Gasteiger partial charge in [-0.05, 0) is 48.6 Å². The first kappa shape index (κ1) is 15.7. The van der Waals surface area contributed by atoms with Crippen LogP contribution in [0.5, 0.6) is 0 Å². The number of carbonyl (C=O) groups is 1. The summed E-state index contributed by atoms with van der Waals surface area (Å²) >= 11 is 9.39. The highest BCUT2D eigenvalue weighted by molar-refractivity contribution is 7.99. The van der Waals surface area contributed by atoms with Gasteiger partial charge in [0.25, 0.3) is 5.91 Å². The fourth-order valence-corrected chi connectivity index (χ4v) is 4.31. The van der Waals surface area contributed by atoms with E-state index in [1.165, 1.54) is 16.7 Å². The predicted octanol–water partition coefficient (Wildman–Crippen LogP) is 4.42. The molecule has 22 heavy (non-hydrogen) atoms. The first-order valence-electron chi connectivity index (χ1n) is 6.91. The molecule has 1 aromatic heterocycles. The van der Waals surface area contributed by atoms with Gasteiger partial charge in [-0.1, -0.05) is 11.6 Å². The number of pyridine rings is 1. The average molecular weight is 351 g/mol. The molecule has 0 radical (unpaired) electrons. The van der Waals surface area contributed by atoms with Gasteiger partial charge in [-0.2, -0.15) is 0 Å². The number of rotatable bonds is 3. The van der Waals surface area contributed by atoms with E-state index < -0.39 is 0 Å². The third kappa shape index (κ3) is 3.26. The molecule has 6 heteroatoms. The van der Waals surface area contributed by atoms with Crippen molar-refractivity contribution in [1.82, 2.24) is 10.3 Å². The van der Waals surface area contributed by atoms with Gasteiger partial charge in [-0.3, -0.25) is 4.79 Å². The van der Waals surface area contributed by atoms with Crippen molar-refractivity contribution < 1.29 is 4.79 Å². The van der Waals surface area contributed by atoms with E-state index in [1.807, 2.05) is 30.5 Å². The van der Waals surface area contributed by atoms with Crippen molar-refractivity contribution in [3.63, 3.8) is 0 Å². The van der Waals surface area contributed by atoms with Crippen LogP contribution in [0.4, 0.5) is 0 Å². The van der Waals surface area contributed by atoms with Gasteiger partial charge >= 0.3 is 0 Å². The minimum atomic E-state index is -0.0831. The lowest BCUT2D eigenvalue weighted by Crippen LogP contribution is -2.31. The first-order chi connectivity index (χ1) is 10.7. The molecule has 1 amide bonds. The summed E-state index contributed by atoms with van der Waals surface area (Å²) in [6, 6.07) is 9.47. The smallest absolute Gasteiger partial charge is 0.254 e. The first-order valence-corrected chi connectivity index (χ1v) is 9.50. The largest absolute Gasteiger partial charge is 0.345 e. The molecule has 0 spiro atoms. The topological polar surface area (TPSA) is 42.0 Å². The normalized spacial score (nSPS) is 16.9. The van der Waals surface area contributed by atoms with Crippen LogP contribution in [0.15, 0.2) is 46.5 Å². The number of benzene rings is 1. The van der Waals surface area contributed by atoms with Gasteiger partial charge in [0.1, 0.15) is 5.03 Å². The maximum absolute atomic E-state index is 12.6. The SMILES string of the molecule is CSc1ncccc1C(=O)NC1CCSc2ccc(Cl)cc21. The second-order valence-corrected chi connectivity index (χ2v) is 7.27. The van der Waals surface area contributed by atoms with Crippen LogP contribution in [0, 0.1) is 0 Å². The Balaban J connectivity index is 1.85. The lowest BCUT2D eigenvalue weighted by Gasteiger charge is -2.26. The molecule has 0 bridgehead atoms. The summed E-state index contributed by atoms with van der Waals surface area (Å²) in [5.74, 6) is 0.905. The van der Waals surface area contributed by atoms with E-state index in [1.54, 1.807) is 24.0 Å². The minimum absolute atomic E-state index is 0.00244. The van der Waals surface area contributed by atoms with Crippen LogP contribution < -0.4 is 5.32 Å². The van der Waals surface area contributed by atoms with Crippen molar-refractivity contribution >= 4 is 41.0 Å². The highest BCUT2D eigenvalue weighted by Gasteiger charge is 2.24. The number of amides is 1. The molecule has 114 valence electrons. The zero-order chi connectivity index (χ0) is 15.5. The van der Waals surface area contributed by atoms with Gasteiger partial charge in [0, 0.05) is 21.9 Å². The molecule has 3 nitrogen and oxygen atoms in total. The quantitative estimate of drug-likeness (QED) is 0.832. The van der Waals surface area contributed by atoms with E-state index in [-0.39, 0.29) is 11.9 Å². The van der Waals surface area contributed by atoms with Crippen LogP contribution in [0.25, 0.3) is 0 Å². The number of aromatic nitrogens is 1. The number of hydrogen-bond acceptors (Lipinski definition) is 4. The van der Waals surface area contributed by atoms with E-state index in [0.717, 1.165) is 22.8 Å². The number of thioether (sulfide) groups is 2. The second-order valence-electron chi connectivity index (χ2n) is 4.91. The molecule has 2 heterocycles.